The molecule has 0 radical (unpaired) electrons. The molecule has 2 aromatic carbocycles. The Morgan fingerprint density at radius 3 is 2.39 bits per heavy atom. The number of aryl methyl sites for hydroxylation is 1. The molecular formula is C17H15FN2O2S. The highest BCUT2D eigenvalue weighted by molar-refractivity contribution is 8.00. The molecule has 1 aliphatic heterocycles. The third kappa shape index (κ3) is 2.90. The van der Waals surface area contributed by atoms with Crippen LogP contribution < -0.4 is 5.32 Å². The van der Waals surface area contributed by atoms with Gasteiger partial charge in [0, 0.05) is 11.3 Å². The average Bonchev–Trinajstić information content (AvgIpc) is 2.72. The summed E-state index contributed by atoms with van der Waals surface area (Å²) in [4.78, 5) is 0.195. The van der Waals surface area contributed by atoms with E-state index in [1.54, 1.807) is 44.2 Å². The van der Waals surface area contributed by atoms with E-state index in [2.05, 4.69) is 9.71 Å². The summed E-state index contributed by atoms with van der Waals surface area (Å²) in [5, 5.41) is 2.99. The molecule has 0 spiro atoms. The molecule has 0 unspecified atom stereocenters. The van der Waals surface area contributed by atoms with Gasteiger partial charge in [-0.3, -0.25) is 0 Å². The normalized spacial score (nSPS) is 16.4. The number of nitrogens with zero attached hydrogens (tertiary/aromatic N) is 1. The fraction of sp³-hybridized carbons (Fsp3) is 0.118. The van der Waals surface area contributed by atoms with Crippen molar-refractivity contribution in [1.82, 2.24) is 0 Å². The van der Waals surface area contributed by atoms with Gasteiger partial charge in [-0.25, -0.2) is 4.39 Å². The van der Waals surface area contributed by atoms with E-state index in [0.29, 0.717) is 22.4 Å². The van der Waals surface area contributed by atoms with Gasteiger partial charge in [0.1, 0.15) is 16.6 Å². The summed E-state index contributed by atoms with van der Waals surface area (Å²) < 4.78 is 41.7. The maximum Gasteiger partial charge on any atom is 0.285 e. The van der Waals surface area contributed by atoms with Gasteiger partial charge in [-0.1, -0.05) is 30.3 Å². The van der Waals surface area contributed by atoms with Gasteiger partial charge in [0.15, 0.2) is 0 Å². The smallest absolute Gasteiger partial charge is 0.285 e. The summed E-state index contributed by atoms with van der Waals surface area (Å²) in [5.41, 5.74) is 2.43. The van der Waals surface area contributed by atoms with Crippen LogP contribution in [0.2, 0.25) is 0 Å². The van der Waals surface area contributed by atoms with Crippen LogP contribution in [0.4, 0.5) is 10.1 Å². The monoisotopic (exact) mass is 330 g/mol. The Labute approximate surface area is 134 Å². The molecule has 0 bridgehead atoms. The fourth-order valence-electron chi connectivity index (χ4n) is 2.50. The van der Waals surface area contributed by atoms with E-state index in [0.717, 1.165) is 0 Å². The molecule has 1 N–H and O–H groups in total. The number of sulfonamides is 1. The first-order valence-electron chi connectivity index (χ1n) is 7.03. The number of anilines is 1. The highest BCUT2D eigenvalue weighted by Crippen LogP contribution is 2.33. The second kappa shape index (κ2) is 5.62. The number of nitrogens with one attached hydrogen (secondary N) is 1. The SMILES string of the molecule is CC1=C(c2ccccc2)S(=O)(=O)N=C1Nc1ccc(F)cc1C. The molecule has 0 fully saturated rings. The van der Waals surface area contributed by atoms with Gasteiger partial charge < -0.3 is 5.32 Å². The van der Waals surface area contributed by atoms with E-state index in [4.69, 9.17) is 0 Å². The van der Waals surface area contributed by atoms with Crippen molar-refractivity contribution in [1.29, 1.82) is 0 Å². The highest BCUT2D eigenvalue weighted by atomic mass is 32.2. The Kier molecular flexibility index (Phi) is 3.77. The van der Waals surface area contributed by atoms with Gasteiger partial charge >= 0.3 is 0 Å². The first kappa shape index (κ1) is 15.4. The van der Waals surface area contributed by atoms with Crippen LogP contribution in [0.25, 0.3) is 4.91 Å². The van der Waals surface area contributed by atoms with Crippen molar-refractivity contribution >= 4 is 26.5 Å². The molecule has 118 valence electrons. The standard InChI is InChI=1S/C17H15FN2O2S/c1-11-10-14(18)8-9-15(11)19-17-12(2)16(23(21,22)20-17)13-6-4-3-5-7-13/h3-10H,1-2H3,(H,19,20). The highest BCUT2D eigenvalue weighted by Gasteiger charge is 2.31. The number of amidine groups is 1. The number of benzene rings is 2. The summed E-state index contributed by atoms with van der Waals surface area (Å²) in [6, 6.07) is 13.1. The molecule has 0 saturated carbocycles. The van der Waals surface area contributed by atoms with Crippen LogP contribution in [0.3, 0.4) is 0 Å². The molecule has 0 saturated heterocycles. The second-order valence-corrected chi connectivity index (χ2v) is 6.86. The summed E-state index contributed by atoms with van der Waals surface area (Å²) in [5.74, 6) is -0.0789. The zero-order valence-corrected chi connectivity index (χ0v) is 13.5. The molecule has 4 nitrogen and oxygen atoms in total. The second-order valence-electron chi connectivity index (χ2n) is 5.32. The van der Waals surface area contributed by atoms with Crippen molar-refractivity contribution in [3.05, 3.63) is 71.0 Å². The van der Waals surface area contributed by atoms with E-state index in [-0.39, 0.29) is 16.6 Å². The summed E-state index contributed by atoms with van der Waals surface area (Å²) >= 11 is 0. The molecule has 6 heteroatoms. The molecule has 23 heavy (non-hydrogen) atoms. The van der Waals surface area contributed by atoms with Crippen molar-refractivity contribution in [3.8, 4) is 0 Å². The molecule has 0 aliphatic carbocycles. The van der Waals surface area contributed by atoms with Crippen LogP contribution in [0.1, 0.15) is 18.1 Å². The van der Waals surface area contributed by atoms with Crippen LogP contribution in [0.5, 0.6) is 0 Å². The van der Waals surface area contributed by atoms with Gasteiger partial charge in [0.2, 0.25) is 0 Å². The Bertz CT molecular complexity index is 932. The maximum atomic E-state index is 13.2. The average molecular weight is 330 g/mol. The van der Waals surface area contributed by atoms with Gasteiger partial charge in [0.25, 0.3) is 10.0 Å². The van der Waals surface area contributed by atoms with E-state index in [9.17, 15) is 12.8 Å². The Balaban J connectivity index is 2.03. The molecular weight excluding hydrogens is 315 g/mol. The first-order valence-corrected chi connectivity index (χ1v) is 8.47. The predicted octanol–water partition coefficient (Wildman–Crippen LogP) is 3.72. The molecule has 2 aromatic rings. The maximum absolute atomic E-state index is 13.2. The molecule has 0 aromatic heterocycles. The Morgan fingerprint density at radius 2 is 1.74 bits per heavy atom. The molecule has 3 rings (SSSR count). The van der Waals surface area contributed by atoms with Gasteiger partial charge in [0.05, 0.1) is 0 Å². The quantitative estimate of drug-likeness (QED) is 0.913. The van der Waals surface area contributed by atoms with E-state index in [1.165, 1.54) is 12.1 Å². The lowest BCUT2D eigenvalue weighted by atomic mass is 10.1. The number of hydrogen-bond donors (Lipinski definition) is 1. The lowest BCUT2D eigenvalue weighted by Crippen LogP contribution is -2.12. The summed E-state index contributed by atoms with van der Waals surface area (Å²) in [6.07, 6.45) is 0. The third-order valence-corrected chi connectivity index (χ3v) is 5.12. The van der Waals surface area contributed by atoms with E-state index < -0.39 is 10.0 Å². The Hall–Kier alpha value is -2.47. The zero-order chi connectivity index (χ0) is 16.6. The van der Waals surface area contributed by atoms with Gasteiger partial charge in [-0.15, -0.1) is 4.40 Å². The Morgan fingerprint density at radius 1 is 1.04 bits per heavy atom. The van der Waals surface area contributed by atoms with Crippen molar-refractivity contribution < 1.29 is 12.8 Å². The van der Waals surface area contributed by atoms with Gasteiger partial charge in [-0.05, 0) is 43.2 Å². The van der Waals surface area contributed by atoms with Crippen LogP contribution in [0, 0.1) is 12.7 Å². The molecule has 1 heterocycles. The van der Waals surface area contributed by atoms with Crippen molar-refractivity contribution in [3.63, 3.8) is 0 Å². The minimum atomic E-state index is -3.75. The molecule has 0 amide bonds. The van der Waals surface area contributed by atoms with E-state index in [1.807, 2.05) is 6.07 Å². The number of rotatable bonds is 2. The van der Waals surface area contributed by atoms with Crippen molar-refractivity contribution in [2.45, 2.75) is 13.8 Å². The zero-order valence-electron chi connectivity index (χ0n) is 12.7. The van der Waals surface area contributed by atoms with Crippen LogP contribution >= 0.6 is 0 Å². The van der Waals surface area contributed by atoms with Crippen LogP contribution in [-0.2, 0) is 10.0 Å². The predicted molar refractivity (Wildman–Crippen MR) is 90.2 cm³/mol. The number of halogens is 1. The summed E-state index contributed by atoms with van der Waals surface area (Å²) in [6.45, 7) is 3.45. The molecule has 1 aliphatic rings. The topological polar surface area (TPSA) is 58.5 Å². The fourth-order valence-corrected chi connectivity index (χ4v) is 3.93. The van der Waals surface area contributed by atoms with Gasteiger partial charge in [-0.2, -0.15) is 8.42 Å². The number of hydrogen-bond acceptors (Lipinski definition) is 3. The van der Waals surface area contributed by atoms with Crippen LogP contribution in [0.15, 0.2) is 58.5 Å². The van der Waals surface area contributed by atoms with Crippen molar-refractivity contribution in [2.75, 3.05) is 5.32 Å². The largest absolute Gasteiger partial charge is 0.339 e. The third-order valence-electron chi connectivity index (χ3n) is 3.64. The minimum Gasteiger partial charge on any atom is -0.339 e. The first-order chi connectivity index (χ1) is 10.9. The lowest BCUT2D eigenvalue weighted by Gasteiger charge is -2.10. The lowest BCUT2D eigenvalue weighted by molar-refractivity contribution is 0.608. The van der Waals surface area contributed by atoms with Crippen LogP contribution in [-0.4, -0.2) is 14.3 Å². The summed E-state index contributed by atoms with van der Waals surface area (Å²) in [7, 11) is -3.75. The van der Waals surface area contributed by atoms with Crippen molar-refractivity contribution in [2.24, 2.45) is 4.40 Å². The minimum absolute atomic E-state index is 0.195. The van der Waals surface area contributed by atoms with E-state index >= 15 is 0 Å². The molecule has 0 atom stereocenters.